The molecule has 0 atom stereocenters. The minimum absolute atomic E-state index is 0.294. The van der Waals surface area contributed by atoms with Crippen LogP contribution in [0.15, 0.2) is 18.2 Å². The van der Waals surface area contributed by atoms with Crippen LogP contribution in [0.4, 0.5) is 13.2 Å². The van der Waals surface area contributed by atoms with E-state index in [1.807, 2.05) is 0 Å². The fourth-order valence-corrected chi connectivity index (χ4v) is 0.885. The van der Waals surface area contributed by atoms with Gasteiger partial charge in [0.05, 0.1) is 5.56 Å². The van der Waals surface area contributed by atoms with Gasteiger partial charge in [-0.15, -0.1) is 0 Å². The fraction of sp³-hybridized carbons (Fsp3) is 0.125. The van der Waals surface area contributed by atoms with Gasteiger partial charge in [0, 0.05) is 5.56 Å². The van der Waals surface area contributed by atoms with Gasteiger partial charge in [0.1, 0.15) is 11.7 Å². The second-order valence-electron chi connectivity index (χ2n) is 2.45. The van der Waals surface area contributed by atoms with Gasteiger partial charge in [-0.1, -0.05) is 6.07 Å². The van der Waals surface area contributed by atoms with E-state index in [1.54, 1.807) is 0 Å². The molecule has 0 fully saturated rings. The normalized spacial score (nSPS) is 10.5. The summed E-state index contributed by atoms with van der Waals surface area (Å²) in [5.74, 6) is -1.32. The molecule has 1 aromatic carbocycles. The van der Waals surface area contributed by atoms with Crippen LogP contribution in [0.3, 0.4) is 0 Å². The van der Waals surface area contributed by atoms with Crippen LogP contribution in [0.25, 0.3) is 0 Å². The lowest BCUT2D eigenvalue weighted by Crippen LogP contribution is -2.13. The molecule has 0 heterocycles. The van der Waals surface area contributed by atoms with E-state index in [0.717, 1.165) is 18.2 Å². The van der Waals surface area contributed by atoms with Crippen molar-refractivity contribution in [2.24, 2.45) is 5.73 Å². The zero-order valence-corrected chi connectivity index (χ0v) is 6.52. The summed E-state index contributed by atoms with van der Waals surface area (Å²) < 4.78 is 37.0. The van der Waals surface area contributed by atoms with Crippen molar-refractivity contribution >= 4 is 5.84 Å². The fourth-order valence-electron chi connectivity index (χ4n) is 0.885. The number of nitrogens with one attached hydrogen (secondary N) is 1. The first-order chi connectivity index (χ1) is 6.02. The maximum atomic E-state index is 12.8. The summed E-state index contributed by atoms with van der Waals surface area (Å²) >= 11 is 0. The number of halogens is 3. The molecular formula is C8H7F3N2. The zero-order valence-electron chi connectivity index (χ0n) is 6.52. The number of rotatable bonds is 2. The average molecular weight is 188 g/mol. The van der Waals surface area contributed by atoms with E-state index >= 15 is 0 Å². The minimum atomic E-state index is -2.68. The molecule has 1 rings (SSSR count). The van der Waals surface area contributed by atoms with Crippen molar-refractivity contribution in [1.82, 2.24) is 0 Å². The Morgan fingerprint density at radius 3 is 2.46 bits per heavy atom. The number of nitrogen functional groups attached to an aromatic ring is 1. The average Bonchev–Trinajstić information content (AvgIpc) is 2.04. The van der Waals surface area contributed by atoms with Crippen LogP contribution in [-0.4, -0.2) is 5.84 Å². The third kappa shape index (κ3) is 1.99. The quantitative estimate of drug-likeness (QED) is 0.541. The van der Waals surface area contributed by atoms with Gasteiger partial charge in [-0.25, -0.2) is 13.2 Å². The molecule has 13 heavy (non-hydrogen) atoms. The van der Waals surface area contributed by atoms with Crippen LogP contribution < -0.4 is 5.73 Å². The van der Waals surface area contributed by atoms with Gasteiger partial charge < -0.3 is 5.73 Å². The van der Waals surface area contributed by atoms with Crippen molar-refractivity contribution in [3.63, 3.8) is 0 Å². The Morgan fingerprint density at radius 1 is 1.38 bits per heavy atom. The molecule has 0 saturated carbocycles. The van der Waals surface area contributed by atoms with Crippen molar-refractivity contribution in [2.45, 2.75) is 6.43 Å². The van der Waals surface area contributed by atoms with Gasteiger partial charge in [-0.3, -0.25) is 5.41 Å². The maximum absolute atomic E-state index is 12.8. The highest BCUT2D eigenvalue weighted by molar-refractivity contribution is 5.95. The summed E-state index contributed by atoms with van der Waals surface area (Å²) in [5, 5.41) is 6.91. The first-order valence-corrected chi connectivity index (χ1v) is 3.44. The smallest absolute Gasteiger partial charge is 0.263 e. The van der Waals surface area contributed by atoms with E-state index < -0.39 is 18.1 Å². The number of alkyl halides is 2. The Labute approximate surface area is 72.7 Å². The lowest BCUT2D eigenvalue weighted by molar-refractivity contribution is 0.151. The molecule has 0 aliphatic rings. The minimum Gasteiger partial charge on any atom is -0.384 e. The molecule has 0 radical (unpaired) electrons. The summed E-state index contributed by atoms with van der Waals surface area (Å²) in [6, 6.07) is 2.72. The standard InChI is InChI=1S/C8H7F3N2/c9-6-2-1-4(7(10)11)3-5(6)8(12)13/h1-3,7H,(H3,12,13). The number of hydrogen-bond acceptors (Lipinski definition) is 1. The molecule has 70 valence electrons. The monoisotopic (exact) mass is 188 g/mol. The first kappa shape index (κ1) is 9.57. The van der Waals surface area contributed by atoms with Gasteiger partial charge in [-0.2, -0.15) is 0 Å². The molecule has 1 aromatic rings. The lowest BCUT2D eigenvalue weighted by Gasteiger charge is -2.03. The zero-order chi connectivity index (χ0) is 10.0. The second-order valence-corrected chi connectivity index (χ2v) is 2.45. The summed E-state index contributed by atoms with van der Waals surface area (Å²) in [7, 11) is 0. The molecule has 0 aliphatic heterocycles. The van der Waals surface area contributed by atoms with E-state index in [0.29, 0.717) is 0 Å². The van der Waals surface area contributed by atoms with Crippen molar-refractivity contribution in [3.8, 4) is 0 Å². The van der Waals surface area contributed by atoms with Gasteiger partial charge in [0.15, 0.2) is 0 Å². The SMILES string of the molecule is N=C(N)c1cc(C(F)F)ccc1F. The maximum Gasteiger partial charge on any atom is 0.263 e. The number of nitrogens with two attached hydrogens (primary N) is 1. The largest absolute Gasteiger partial charge is 0.384 e. The Bertz CT molecular complexity index is 336. The van der Waals surface area contributed by atoms with Crippen LogP contribution in [0.5, 0.6) is 0 Å². The molecular weight excluding hydrogens is 181 g/mol. The molecule has 2 nitrogen and oxygen atoms in total. The van der Waals surface area contributed by atoms with E-state index in [1.165, 1.54) is 0 Å². The number of hydrogen-bond donors (Lipinski definition) is 2. The lowest BCUT2D eigenvalue weighted by atomic mass is 10.1. The van der Waals surface area contributed by atoms with Crippen LogP contribution in [0.2, 0.25) is 0 Å². The van der Waals surface area contributed by atoms with Crippen LogP contribution >= 0.6 is 0 Å². The molecule has 0 unspecified atom stereocenters. The molecule has 0 aliphatic carbocycles. The van der Waals surface area contributed by atoms with E-state index in [4.69, 9.17) is 11.1 Å². The number of benzene rings is 1. The predicted octanol–water partition coefficient (Wildman–Crippen LogP) is 2.05. The Hall–Kier alpha value is -1.52. The summed E-state index contributed by atoms with van der Waals surface area (Å²) in [6.45, 7) is 0. The van der Waals surface area contributed by atoms with Crippen LogP contribution in [0.1, 0.15) is 17.6 Å². The third-order valence-electron chi connectivity index (χ3n) is 1.53. The van der Waals surface area contributed by atoms with Gasteiger partial charge in [0.25, 0.3) is 6.43 Å². The van der Waals surface area contributed by atoms with Crippen molar-refractivity contribution in [3.05, 3.63) is 35.1 Å². The van der Waals surface area contributed by atoms with Gasteiger partial charge in [0.2, 0.25) is 0 Å². The van der Waals surface area contributed by atoms with Gasteiger partial charge in [-0.05, 0) is 12.1 Å². The topological polar surface area (TPSA) is 49.9 Å². The summed E-state index contributed by atoms with van der Waals surface area (Å²) in [4.78, 5) is 0. The number of amidine groups is 1. The van der Waals surface area contributed by atoms with Crippen LogP contribution in [-0.2, 0) is 0 Å². The molecule has 5 heteroatoms. The molecule has 0 bridgehead atoms. The highest BCUT2D eigenvalue weighted by Gasteiger charge is 2.11. The van der Waals surface area contributed by atoms with E-state index in [2.05, 4.69) is 0 Å². The van der Waals surface area contributed by atoms with Crippen molar-refractivity contribution < 1.29 is 13.2 Å². The molecule has 0 saturated heterocycles. The van der Waals surface area contributed by atoms with E-state index in [9.17, 15) is 13.2 Å². The van der Waals surface area contributed by atoms with Crippen molar-refractivity contribution in [1.29, 1.82) is 5.41 Å². The highest BCUT2D eigenvalue weighted by atomic mass is 19.3. The van der Waals surface area contributed by atoms with Gasteiger partial charge >= 0.3 is 0 Å². The van der Waals surface area contributed by atoms with Crippen molar-refractivity contribution in [2.75, 3.05) is 0 Å². The molecule has 0 amide bonds. The summed E-state index contributed by atoms with van der Waals surface area (Å²) in [6.07, 6.45) is -2.68. The second kappa shape index (κ2) is 3.47. The molecule has 0 spiro atoms. The Morgan fingerprint density at radius 2 is 2.00 bits per heavy atom. The Kier molecular flexibility index (Phi) is 2.55. The first-order valence-electron chi connectivity index (χ1n) is 3.44. The Balaban J connectivity index is 3.19. The molecule has 0 aromatic heterocycles. The third-order valence-corrected chi connectivity index (χ3v) is 1.53. The molecule has 3 N–H and O–H groups in total. The predicted molar refractivity (Wildman–Crippen MR) is 42.4 cm³/mol. The highest BCUT2D eigenvalue weighted by Crippen LogP contribution is 2.20. The summed E-state index contributed by atoms with van der Waals surface area (Å²) in [5.41, 5.74) is 4.35. The van der Waals surface area contributed by atoms with E-state index in [-0.39, 0.29) is 11.1 Å². The van der Waals surface area contributed by atoms with Crippen LogP contribution in [0, 0.1) is 11.2 Å².